The maximum atomic E-state index is 11.7. The summed E-state index contributed by atoms with van der Waals surface area (Å²) >= 11 is 0. The van der Waals surface area contributed by atoms with E-state index >= 15 is 0 Å². The SMILES string of the molecule is CC(/C=C/c1ccco1)=N\NC(=O)COc1ccccc1C#N. The van der Waals surface area contributed by atoms with Crippen molar-refractivity contribution < 1.29 is 13.9 Å². The topological polar surface area (TPSA) is 87.6 Å². The van der Waals surface area contributed by atoms with Gasteiger partial charge < -0.3 is 9.15 Å². The quantitative estimate of drug-likeness (QED) is 0.656. The second kappa shape index (κ2) is 8.20. The van der Waals surface area contributed by atoms with Gasteiger partial charge in [-0.2, -0.15) is 10.4 Å². The predicted octanol–water partition coefficient (Wildman–Crippen LogP) is 2.74. The van der Waals surface area contributed by atoms with Crippen LogP contribution in [0.4, 0.5) is 0 Å². The van der Waals surface area contributed by atoms with Crippen LogP contribution in [0.15, 0.2) is 58.3 Å². The van der Waals surface area contributed by atoms with E-state index in [2.05, 4.69) is 10.5 Å². The lowest BCUT2D eigenvalue weighted by molar-refractivity contribution is -0.123. The number of ether oxygens (including phenoxy) is 1. The Kier molecular flexibility index (Phi) is 5.72. The average Bonchev–Trinajstić information content (AvgIpc) is 3.10. The molecule has 0 saturated heterocycles. The Hall–Kier alpha value is -3.33. The van der Waals surface area contributed by atoms with Crippen LogP contribution in [0.5, 0.6) is 5.75 Å². The number of hydrogen-bond acceptors (Lipinski definition) is 5. The highest BCUT2D eigenvalue weighted by atomic mass is 16.5. The van der Waals surface area contributed by atoms with Gasteiger partial charge >= 0.3 is 0 Å². The molecule has 0 atom stereocenters. The summed E-state index contributed by atoms with van der Waals surface area (Å²) < 4.78 is 10.4. The summed E-state index contributed by atoms with van der Waals surface area (Å²) in [5.41, 5.74) is 3.36. The van der Waals surface area contributed by atoms with Crippen LogP contribution in [-0.4, -0.2) is 18.2 Å². The molecule has 0 unspecified atom stereocenters. The van der Waals surface area contributed by atoms with E-state index < -0.39 is 5.91 Å². The molecule has 1 amide bonds. The zero-order valence-electron chi connectivity index (χ0n) is 12.5. The van der Waals surface area contributed by atoms with Gasteiger partial charge in [0, 0.05) is 0 Å². The van der Waals surface area contributed by atoms with Crippen LogP contribution in [0.2, 0.25) is 0 Å². The van der Waals surface area contributed by atoms with E-state index in [4.69, 9.17) is 14.4 Å². The van der Waals surface area contributed by atoms with E-state index in [-0.39, 0.29) is 6.61 Å². The van der Waals surface area contributed by atoms with Crippen molar-refractivity contribution in [2.24, 2.45) is 5.10 Å². The molecule has 6 heteroatoms. The fourth-order valence-corrected chi connectivity index (χ4v) is 1.64. The number of para-hydroxylation sites is 1. The van der Waals surface area contributed by atoms with Gasteiger partial charge in [0.15, 0.2) is 6.61 Å². The van der Waals surface area contributed by atoms with Gasteiger partial charge in [-0.3, -0.25) is 4.79 Å². The molecule has 0 spiro atoms. The molecule has 1 aromatic heterocycles. The molecule has 2 aromatic rings. The van der Waals surface area contributed by atoms with E-state index in [0.717, 1.165) is 0 Å². The monoisotopic (exact) mass is 309 g/mol. The zero-order chi connectivity index (χ0) is 16.5. The fourth-order valence-electron chi connectivity index (χ4n) is 1.64. The zero-order valence-corrected chi connectivity index (χ0v) is 12.5. The largest absolute Gasteiger partial charge is 0.482 e. The number of hydrazone groups is 1. The third-order valence-corrected chi connectivity index (χ3v) is 2.76. The van der Waals surface area contributed by atoms with Crippen molar-refractivity contribution in [2.75, 3.05) is 6.61 Å². The Morgan fingerprint density at radius 1 is 1.39 bits per heavy atom. The third kappa shape index (κ3) is 5.17. The number of nitriles is 1. The summed E-state index contributed by atoms with van der Waals surface area (Å²) in [6, 6.07) is 12.3. The van der Waals surface area contributed by atoms with Gasteiger partial charge in [-0.15, -0.1) is 0 Å². The highest BCUT2D eigenvalue weighted by Crippen LogP contribution is 2.16. The molecule has 1 aromatic carbocycles. The highest BCUT2D eigenvalue weighted by molar-refractivity contribution is 5.96. The standard InChI is InChI=1S/C17H15N3O3/c1-13(8-9-15-6-4-10-22-15)19-20-17(21)12-23-16-7-3-2-5-14(16)11-18/h2-10H,12H2,1H3,(H,20,21)/b9-8+,19-13+. The van der Waals surface area contributed by atoms with Crippen LogP contribution < -0.4 is 10.2 Å². The first kappa shape index (κ1) is 16.0. The molecular weight excluding hydrogens is 294 g/mol. The second-order valence-electron chi connectivity index (χ2n) is 4.53. The van der Waals surface area contributed by atoms with Crippen molar-refractivity contribution >= 4 is 17.7 Å². The van der Waals surface area contributed by atoms with Crippen molar-refractivity contribution in [3.05, 3.63) is 60.1 Å². The molecule has 0 fully saturated rings. The number of carbonyl (C=O) groups excluding carboxylic acids is 1. The Balaban J connectivity index is 1.83. The molecule has 0 aliphatic heterocycles. The Labute approximate surface area is 133 Å². The first-order valence-electron chi connectivity index (χ1n) is 6.85. The van der Waals surface area contributed by atoms with Crippen LogP contribution in [0.25, 0.3) is 6.08 Å². The van der Waals surface area contributed by atoms with Crippen molar-refractivity contribution in [3.8, 4) is 11.8 Å². The van der Waals surface area contributed by atoms with E-state index in [1.165, 1.54) is 0 Å². The molecule has 0 aliphatic carbocycles. The van der Waals surface area contributed by atoms with Gasteiger partial charge in [0.25, 0.3) is 5.91 Å². The molecule has 0 radical (unpaired) electrons. The summed E-state index contributed by atoms with van der Waals surface area (Å²) in [6.45, 7) is 1.52. The normalized spacial score (nSPS) is 11.2. The number of nitrogens with one attached hydrogen (secondary N) is 1. The van der Waals surface area contributed by atoms with E-state index in [1.807, 2.05) is 12.1 Å². The molecule has 0 aliphatic rings. The summed E-state index contributed by atoms with van der Waals surface area (Å²) in [5.74, 6) is 0.648. The summed E-state index contributed by atoms with van der Waals surface area (Å²) in [6.07, 6.45) is 5.03. The molecule has 23 heavy (non-hydrogen) atoms. The summed E-state index contributed by atoms with van der Waals surface area (Å²) in [5, 5.41) is 12.9. The molecule has 0 bridgehead atoms. The van der Waals surface area contributed by atoms with Crippen LogP contribution in [-0.2, 0) is 4.79 Å². The minimum Gasteiger partial charge on any atom is -0.482 e. The number of nitrogens with zero attached hydrogens (tertiary/aromatic N) is 2. The smallest absolute Gasteiger partial charge is 0.277 e. The summed E-state index contributed by atoms with van der Waals surface area (Å²) in [7, 11) is 0. The molecule has 1 heterocycles. The number of amides is 1. The second-order valence-corrected chi connectivity index (χ2v) is 4.53. The fraction of sp³-hybridized carbons (Fsp3) is 0.118. The average molecular weight is 309 g/mol. The van der Waals surface area contributed by atoms with Gasteiger partial charge in [-0.25, -0.2) is 5.43 Å². The maximum Gasteiger partial charge on any atom is 0.277 e. The van der Waals surface area contributed by atoms with Crippen LogP contribution in [0.1, 0.15) is 18.2 Å². The maximum absolute atomic E-state index is 11.7. The first-order valence-corrected chi connectivity index (χ1v) is 6.85. The summed E-state index contributed by atoms with van der Waals surface area (Å²) in [4.78, 5) is 11.7. The minimum absolute atomic E-state index is 0.225. The van der Waals surface area contributed by atoms with Crippen LogP contribution >= 0.6 is 0 Å². The lowest BCUT2D eigenvalue weighted by atomic mass is 10.2. The van der Waals surface area contributed by atoms with Crippen molar-refractivity contribution in [3.63, 3.8) is 0 Å². The molecule has 6 nitrogen and oxygen atoms in total. The van der Waals surface area contributed by atoms with Crippen molar-refractivity contribution in [2.45, 2.75) is 6.92 Å². The number of allylic oxidation sites excluding steroid dienone is 1. The lowest BCUT2D eigenvalue weighted by Gasteiger charge is -2.06. The van der Waals surface area contributed by atoms with Gasteiger partial charge in [-0.05, 0) is 43.3 Å². The number of rotatable bonds is 6. The van der Waals surface area contributed by atoms with E-state index in [9.17, 15) is 4.79 Å². The van der Waals surface area contributed by atoms with Gasteiger partial charge in [0.05, 0.1) is 17.5 Å². The van der Waals surface area contributed by atoms with Crippen molar-refractivity contribution in [1.82, 2.24) is 5.43 Å². The number of hydrogen-bond donors (Lipinski definition) is 1. The van der Waals surface area contributed by atoms with Gasteiger partial charge in [0.2, 0.25) is 0 Å². The predicted molar refractivity (Wildman–Crippen MR) is 85.6 cm³/mol. The number of furan rings is 1. The first-order chi connectivity index (χ1) is 11.2. The molecule has 1 N–H and O–H groups in total. The Morgan fingerprint density at radius 3 is 2.96 bits per heavy atom. The van der Waals surface area contributed by atoms with Crippen LogP contribution in [0.3, 0.4) is 0 Å². The van der Waals surface area contributed by atoms with Gasteiger partial charge in [-0.1, -0.05) is 12.1 Å². The van der Waals surface area contributed by atoms with E-state index in [1.54, 1.807) is 55.7 Å². The van der Waals surface area contributed by atoms with Gasteiger partial charge in [0.1, 0.15) is 17.6 Å². The minimum atomic E-state index is -0.413. The molecular formula is C17H15N3O3. The Bertz CT molecular complexity index is 756. The number of benzene rings is 1. The molecule has 116 valence electrons. The molecule has 2 rings (SSSR count). The Morgan fingerprint density at radius 2 is 2.22 bits per heavy atom. The van der Waals surface area contributed by atoms with Crippen molar-refractivity contribution in [1.29, 1.82) is 5.26 Å². The third-order valence-electron chi connectivity index (χ3n) is 2.76. The number of carbonyl (C=O) groups is 1. The molecule has 0 saturated carbocycles. The lowest BCUT2D eigenvalue weighted by Crippen LogP contribution is -2.25. The van der Waals surface area contributed by atoms with Crippen LogP contribution in [0, 0.1) is 11.3 Å². The highest BCUT2D eigenvalue weighted by Gasteiger charge is 2.05. The van der Waals surface area contributed by atoms with E-state index in [0.29, 0.717) is 22.8 Å².